The summed E-state index contributed by atoms with van der Waals surface area (Å²) in [4.78, 5) is 25.9. The number of aromatic hydroxyl groups is 2. The van der Waals surface area contributed by atoms with Crippen molar-refractivity contribution in [2.24, 2.45) is 0 Å². The second kappa shape index (κ2) is 13.7. The van der Waals surface area contributed by atoms with E-state index in [-0.39, 0.29) is 34.3 Å². The molecule has 0 amide bonds. The molecule has 0 saturated heterocycles. The molecular weight excluding hydrogens is 508 g/mol. The monoisotopic (exact) mass is 544 g/mol. The highest BCUT2D eigenvalue weighted by Gasteiger charge is 2.26. The van der Waals surface area contributed by atoms with Gasteiger partial charge in [0.25, 0.3) is 0 Å². The maximum Gasteiger partial charge on any atom is 0.306 e. The van der Waals surface area contributed by atoms with Gasteiger partial charge in [0.05, 0.1) is 31.1 Å². The Morgan fingerprint density at radius 2 is 1.60 bits per heavy atom. The Hall–Kier alpha value is -4.26. The molecule has 4 aromatic rings. The average molecular weight is 545 g/mol. The van der Waals surface area contributed by atoms with E-state index in [4.69, 9.17) is 13.9 Å². The first-order valence-corrected chi connectivity index (χ1v) is 13.8. The molecule has 0 aliphatic carbocycles. The molecule has 4 rings (SSSR count). The third kappa shape index (κ3) is 6.84. The molecule has 0 unspecified atom stereocenters. The van der Waals surface area contributed by atoms with Crippen LogP contribution in [0.25, 0.3) is 22.1 Å². The molecule has 1 heterocycles. The van der Waals surface area contributed by atoms with Gasteiger partial charge in [-0.2, -0.15) is 0 Å². The quantitative estimate of drug-likeness (QED) is 0.134. The van der Waals surface area contributed by atoms with Gasteiger partial charge in [-0.05, 0) is 53.9 Å². The number of methoxy groups -OCH3 is 1. The molecule has 0 spiro atoms. The number of rotatable bonds is 13. The zero-order valence-corrected chi connectivity index (χ0v) is 23.0. The summed E-state index contributed by atoms with van der Waals surface area (Å²) < 4.78 is 16.8. The molecular formula is C33H36O7. The van der Waals surface area contributed by atoms with Crippen molar-refractivity contribution in [2.75, 3.05) is 13.7 Å². The number of unbranched alkanes of at least 4 members (excludes halogenated alkanes) is 5. The molecule has 3 aromatic carbocycles. The van der Waals surface area contributed by atoms with E-state index in [1.807, 2.05) is 24.3 Å². The molecule has 0 aliphatic rings. The van der Waals surface area contributed by atoms with Gasteiger partial charge in [-0.3, -0.25) is 9.59 Å². The van der Waals surface area contributed by atoms with Gasteiger partial charge in [0.15, 0.2) is 0 Å². The number of carbonyl (C=O) groups is 1. The van der Waals surface area contributed by atoms with Crippen molar-refractivity contribution in [3.8, 4) is 28.4 Å². The summed E-state index contributed by atoms with van der Waals surface area (Å²) in [5.41, 5.74) is 1.89. The lowest BCUT2D eigenvalue weighted by molar-refractivity contribution is -0.140. The van der Waals surface area contributed by atoms with Crippen molar-refractivity contribution in [2.45, 2.75) is 57.8 Å². The Balaban J connectivity index is 1.63. The summed E-state index contributed by atoms with van der Waals surface area (Å²) >= 11 is 0. The predicted octanol–water partition coefficient (Wildman–Crippen LogP) is 7.31. The Labute approximate surface area is 234 Å². The summed E-state index contributed by atoms with van der Waals surface area (Å²) in [7, 11) is 1.31. The lowest BCUT2D eigenvalue weighted by Gasteiger charge is -2.20. The van der Waals surface area contributed by atoms with Crippen LogP contribution in [0.3, 0.4) is 0 Å². The second-order valence-corrected chi connectivity index (χ2v) is 9.92. The van der Waals surface area contributed by atoms with Crippen LogP contribution in [0.4, 0.5) is 0 Å². The number of fused-ring (bicyclic) bond motifs is 1. The fourth-order valence-corrected chi connectivity index (χ4v) is 4.89. The molecule has 210 valence electrons. The minimum Gasteiger partial charge on any atom is -0.508 e. The summed E-state index contributed by atoms with van der Waals surface area (Å²) in [6, 6.07) is 16.6. The fourth-order valence-electron chi connectivity index (χ4n) is 4.89. The maximum atomic E-state index is 13.4. The van der Waals surface area contributed by atoms with Crippen LogP contribution in [0.5, 0.6) is 17.2 Å². The highest BCUT2D eigenvalue weighted by molar-refractivity contribution is 5.87. The third-order valence-electron chi connectivity index (χ3n) is 7.13. The fraction of sp³-hybridized carbons (Fsp3) is 0.333. The third-order valence-corrected chi connectivity index (χ3v) is 7.13. The van der Waals surface area contributed by atoms with Gasteiger partial charge in [-0.25, -0.2) is 0 Å². The summed E-state index contributed by atoms with van der Waals surface area (Å²) in [6.07, 6.45) is 8.37. The van der Waals surface area contributed by atoms with Crippen molar-refractivity contribution < 1.29 is 28.9 Å². The Morgan fingerprint density at radius 3 is 2.30 bits per heavy atom. The zero-order valence-electron chi connectivity index (χ0n) is 23.0. The highest BCUT2D eigenvalue weighted by atomic mass is 16.5. The molecule has 0 aliphatic heterocycles. The topological polar surface area (TPSA) is 106 Å². The SMILES string of the molecule is CCCCCCCCOc1ccc([C@H](CC(=O)OC)c2c(O)ccc3c(=O)c(-c4ccc(O)cc4)coc23)cc1. The normalized spacial score (nSPS) is 11.8. The minimum atomic E-state index is -0.633. The molecule has 0 saturated carbocycles. The molecule has 7 heteroatoms. The van der Waals surface area contributed by atoms with Gasteiger partial charge in [0.1, 0.15) is 29.1 Å². The largest absolute Gasteiger partial charge is 0.508 e. The Morgan fingerprint density at radius 1 is 0.900 bits per heavy atom. The lowest BCUT2D eigenvalue weighted by Crippen LogP contribution is -2.12. The van der Waals surface area contributed by atoms with Gasteiger partial charge >= 0.3 is 5.97 Å². The first-order valence-electron chi connectivity index (χ1n) is 13.8. The van der Waals surface area contributed by atoms with E-state index in [0.717, 1.165) is 24.2 Å². The first-order chi connectivity index (χ1) is 19.4. The smallest absolute Gasteiger partial charge is 0.306 e. The predicted molar refractivity (Wildman–Crippen MR) is 155 cm³/mol. The maximum absolute atomic E-state index is 13.4. The number of esters is 1. The zero-order chi connectivity index (χ0) is 28.5. The summed E-state index contributed by atoms with van der Waals surface area (Å²) in [6.45, 7) is 2.84. The van der Waals surface area contributed by atoms with Crippen molar-refractivity contribution in [1.82, 2.24) is 0 Å². The lowest BCUT2D eigenvalue weighted by atomic mass is 9.86. The summed E-state index contributed by atoms with van der Waals surface area (Å²) in [5, 5.41) is 20.8. The number of ether oxygens (including phenoxy) is 2. The molecule has 7 nitrogen and oxygen atoms in total. The van der Waals surface area contributed by atoms with E-state index >= 15 is 0 Å². The molecule has 0 fully saturated rings. The average Bonchev–Trinajstić information content (AvgIpc) is 2.97. The second-order valence-electron chi connectivity index (χ2n) is 9.92. The first kappa shape index (κ1) is 28.7. The molecule has 2 N–H and O–H groups in total. The molecule has 1 aromatic heterocycles. The van der Waals surface area contributed by atoms with Crippen LogP contribution in [0, 0.1) is 0 Å². The van der Waals surface area contributed by atoms with Crippen LogP contribution in [0.1, 0.15) is 68.9 Å². The van der Waals surface area contributed by atoms with Gasteiger partial charge in [-0.15, -0.1) is 0 Å². The van der Waals surface area contributed by atoms with Gasteiger partial charge < -0.3 is 24.1 Å². The molecule has 1 atom stereocenters. The number of carbonyl (C=O) groups excluding carboxylic acids is 1. The van der Waals surface area contributed by atoms with Crippen LogP contribution in [0.15, 0.2) is 76.1 Å². The van der Waals surface area contributed by atoms with Crippen LogP contribution in [-0.2, 0) is 9.53 Å². The van der Waals surface area contributed by atoms with Crippen molar-refractivity contribution in [3.05, 3.63) is 88.3 Å². The number of phenolic OH excluding ortho intramolecular Hbond substituents is 2. The Bertz CT molecular complexity index is 1470. The minimum absolute atomic E-state index is 0.0649. The Kier molecular flexibility index (Phi) is 9.84. The number of hydrogen-bond acceptors (Lipinski definition) is 7. The molecule has 0 bridgehead atoms. The molecule has 0 radical (unpaired) electrons. The van der Waals surface area contributed by atoms with Gasteiger partial charge in [-0.1, -0.05) is 63.3 Å². The van der Waals surface area contributed by atoms with Crippen LogP contribution in [-0.4, -0.2) is 29.9 Å². The van der Waals surface area contributed by atoms with E-state index in [1.165, 1.54) is 63.3 Å². The van der Waals surface area contributed by atoms with Crippen LogP contribution < -0.4 is 10.2 Å². The van der Waals surface area contributed by atoms with Crippen molar-refractivity contribution >= 4 is 16.9 Å². The standard InChI is InChI=1S/C33H36O7/c1-3-4-5-6-7-8-19-39-25-15-11-22(12-16-25)27(20-30(36)38-2)31-29(35)18-17-26-32(37)28(21-40-33(26)31)23-9-13-24(34)14-10-23/h9-18,21,27,34-35H,3-8,19-20H2,1-2H3/t27-/m0/s1. The van der Waals surface area contributed by atoms with E-state index in [1.54, 1.807) is 12.1 Å². The van der Waals surface area contributed by atoms with Crippen molar-refractivity contribution in [3.63, 3.8) is 0 Å². The molecule has 40 heavy (non-hydrogen) atoms. The highest BCUT2D eigenvalue weighted by Crippen LogP contribution is 2.40. The van der Waals surface area contributed by atoms with E-state index in [0.29, 0.717) is 23.3 Å². The van der Waals surface area contributed by atoms with Gasteiger partial charge in [0, 0.05) is 11.5 Å². The number of phenols is 2. The van der Waals surface area contributed by atoms with E-state index in [2.05, 4.69) is 6.92 Å². The number of benzene rings is 3. The summed E-state index contributed by atoms with van der Waals surface area (Å²) in [5.74, 6) is -0.378. The number of hydrogen-bond donors (Lipinski definition) is 2. The van der Waals surface area contributed by atoms with Crippen LogP contribution in [0.2, 0.25) is 0 Å². The van der Waals surface area contributed by atoms with Crippen LogP contribution >= 0.6 is 0 Å². The van der Waals surface area contributed by atoms with E-state index < -0.39 is 11.9 Å². The van der Waals surface area contributed by atoms with Crippen molar-refractivity contribution in [1.29, 1.82) is 0 Å². The van der Waals surface area contributed by atoms with E-state index in [9.17, 15) is 19.8 Å². The van der Waals surface area contributed by atoms with Gasteiger partial charge in [0.2, 0.25) is 5.43 Å².